The van der Waals surface area contributed by atoms with Crippen molar-refractivity contribution in [3.63, 3.8) is 0 Å². The van der Waals surface area contributed by atoms with Gasteiger partial charge < -0.3 is 10.6 Å². The lowest BCUT2D eigenvalue weighted by Crippen LogP contribution is -2.59. The average Bonchev–Trinajstić information content (AvgIpc) is 2.76. The Labute approximate surface area is 114 Å². The summed E-state index contributed by atoms with van der Waals surface area (Å²) in [5.41, 5.74) is 2.94. The van der Waals surface area contributed by atoms with Crippen LogP contribution in [0.3, 0.4) is 0 Å². The van der Waals surface area contributed by atoms with E-state index in [2.05, 4.69) is 15.6 Å². The SMILES string of the molecule is Cc1cnc(C(=O)NC2CCNC23CCC3)cc1C. The largest absolute Gasteiger partial charge is 0.346 e. The van der Waals surface area contributed by atoms with Gasteiger partial charge in [-0.1, -0.05) is 0 Å². The van der Waals surface area contributed by atoms with Gasteiger partial charge in [-0.2, -0.15) is 0 Å². The number of nitrogens with zero attached hydrogens (tertiary/aromatic N) is 1. The average molecular weight is 259 g/mol. The molecule has 1 spiro atoms. The van der Waals surface area contributed by atoms with Crippen LogP contribution in [0, 0.1) is 13.8 Å². The molecule has 1 saturated carbocycles. The second-order valence-corrected chi connectivity index (χ2v) is 5.90. The van der Waals surface area contributed by atoms with Crippen LogP contribution in [0.4, 0.5) is 0 Å². The molecule has 2 heterocycles. The summed E-state index contributed by atoms with van der Waals surface area (Å²) >= 11 is 0. The molecule has 3 rings (SSSR count). The van der Waals surface area contributed by atoms with Crippen LogP contribution in [0.1, 0.15) is 47.3 Å². The summed E-state index contributed by atoms with van der Waals surface area (Å²) in [7, 11) is 0. The third-order valence-corrected chi connectivity index (χ3v) is 4.73. The number of aryl methyl sites for hydroxylation is 2. The van der Waals surface area contributed by atoms with Crippen LogP contribution < -0.4 is 10.6 Å². The zero-order valence-corrected chi connectivity index (χ0v) is 11.6. The lowest BCUT2D eigenvalue weighted by atomic mass is 9.73. The van der Waals surface area contributed by atoms with Gasteiger partial charge in [0.15, 0.2) is 0 Å². The van der Waals surface area contributed by atoms with Crippen LogP contribution >= 0.6 is 0 Å². The highest BCUT2D eigenvalue weighted by molar-refractivity contribution is 5.92. The van der Waals surface area contributed by atoms with E-state index in [9.17, 15) is 4.79 Å². The molecule has 2 fully saturated rings. The van der Waals surface area contributed by atoms with Gasteiger partial charge in [-0.3, -0.25) is 9.78 Å². The van der Waals surface area contributed by atoms with E-state index in [1.54, 1.807) is 6.20 Å². The second kappa shape index (κ2) is 4.60. The highest BCUT2D eigenvalue weighted by Gasteiger charge is 2.47. The van der Waals surface area contributed by atoms with Gasteiger partial charge in [-0.25, -0.2) is 0 Å². The number of carbonyl (C=O) groups is 1. The van der Waals surface area contributed by atoms with Gasteiger partial charge in [-0.05, 0) is 63.3 Å². The molecule has 0 bridgehead atoms. The van der Waals surface area contributed by atoms with Crippen molar-refractivity contribution in [2.45, 2.75) is 51.1 Å². The molecular formula is C15H21N3O. The van der Waals surface area contributed by atoms with Crippen LogP contribution in [-0.2, 0) is 0 Å². The maximum atomic E-state index is 12.3. The number of hydrogen-bond donors (Lipinski definition) is 2. The monoisotopic (exact) mass is 259 g/mol. The Morgan fingerprint density at radius 2 is 2.21 bits per heavy atom. The molecule has 4 heteroatoms. The number of hydrogen-bond acceptors (Lipinski definition) is 3. The Bertz CT molecular complexity index is 508. The lowest BCUT2D eigenvalue weighted by Gasteiger charge is -2.43. The summed E-state index contributed by atoms with van der Waals surface area (Å²) in [5.74, 6) is -0.0388. The summed E-state index contributed by atoms with van der Waals surface area (Å²) in [4.78, 5) is 16.5. The molecule has 2 N–H and O–H groups in total. The lowest BCUT2D eigenvalue weighted by molar-refractivity contribution is 0.0876. The van der Waals surface area contributed by atoms with Gasteiger partial charge >= 0.3 is 0 Å². The molecule has 1 aliphatic carbocycles. The third-order valence-electron chi connectivity index (χ3n) is 4.73. The summed E-state index contributed by atoms with van der Waals surface area (Å²) in [5, 5.41) is 6.73. The van der Waals surface area contributed by atoms with E-state index < -0.39 is 0 Å². The van der Waals surface area contributed by atoms with E-state index in [0.717, 1.165) is 24.1 Å². The molecule has 102 valence electrons. The van der Waals surface area contributed by atoms with Crippen molar-refractivity contribution in [2.24, 2.45) is 0 Å². The fraction of sp³-hybridized carbons (Fsp3) is 0.600. The van der Waals surface area contributed by atoms with Crippen LogP contribution in [0.5, 0.6) is 0 Å². The molecule has 0 radical (unpaired) electrons. The third kappa shape index (κ3) is 2.14. The van der Waals surface area contributed by atoms with Gasteiger partial charge in [0.05, 0.1) is 0 Å². The van der Waals surface area contributed by atoms with Crippen LogP contribution in [0.2, 0.25) is 0 Å². The fourth-order valence-corrected chi connectivity index (χ4v) is 3.14. The van der Waals surface area contributed by atoms with E-state index in [1.807, 2.05) is 19.9 Å². The predicted octanol–water partition coefficient (Wildman–Crippen LogP) is 1.71. The van der Waals surface area contributed by atoms with Crippen molar-refractivity contribution in [1.29, 1.82) is 0 Å². The topological polar surface area (TPSA) is 54.0 Å². The molecular weight excluding hydrogens is 238 g/mol. The minimum atomic E-state index is -0.0388. The molecule has 1 amide bonds. The standard InChI is InChI=1S/C15H21N3O/c1-10-8-12(16-9-11(10)2)14(19)18-13-4-7-17-15(13)5-3-6-15/h8-9,13,17H,3-7H2,1-2H3,(H,18,19). The molecule has 1 atom stereocenters. The van der Waals surface area contributed by atoms with E-state index in [4.69, 9.17) is 0 Å². The number of aromatic nitrogens is 1. The van der Waals surface area contributed by atoms with Crippen molar-refractivity contribution in [2.75, 3.05) is 6.54 Å². The summed E-state index contributed by atoms with van der Waals surface area (Å²) in [6.07, 6.45) is 6.42. The Morgan fingerprint density at radius 3 is 2.84 bits per heavy atom. The van der Waals surface area contributed by atoms with Gasteiger partial charge in [-0.15, -0.1) is 0 Å². The molecule has 1 aromatic rings. The van der Waals surface area contributed by atoms with E-state index in [0.29, 0.717) is 5.69 Å². The van der Waals surface area contributed by atoms with Crippen molar-refractivity contribution in [1.82, 2.24) is 15.6 Å². The van der Waals surface area contributed by atoms with Crippen LogP contribution in [-0.4, -0.2) is 29.0 Å². The smallest absolute Gasteiger partial charge is 0.270 e. The molecule has 19 heavy (non-hydrogen) atoms. The minimum absolute atomic E-state index is 0.0388. The van der Waals surface area contributed by atoms with Gasteiger partial charge in [0.1, 0.15) is 5.69 Å². The van der Waals surface area contributed by atoms with E-state index in [1.165, 1.54) is 19.3 Å². The first kappa shape index (κ1) is 12.6. The number of rotatable bonds is 2. The summed E-state index contributed by atoms with van der Waals surface area (Å²) in [6.45, 7) is 5.03. The molecule has 1 saturated heterocycles. The Kier molecular flexibility index (Phi) is 3.05. The van der Waals surface area contributed by atoms with Crippen LogP contribution in [0.25, 0.3) is 0 Å². The van der Waals surface area contributed by atoms with Crippen molar-refractivity contribution >= 4 is 5.91 Å². The Hall–Kier alpha value is -1.42. The first-order valence-electron chi connectivity index (χ1n) is 7.10. The molecule has 1 aliphatic heterocycles. The molecule has 4 nitrogen and oxygen atoms in total. The first-order valence-corrected chi connectivity index (χ1v) is 7.10. The molecule has 1 aromatic heterocycles. The Morgan fingerprint density at radius 1 is 1.42 bits per heavy atom. The van der Waals surface area contributed by atoms with Crippen molar-refractivity contribution < 1.29 is 4.79 Å². The highest BCUT2D eigenvalue weighted by Crippen LogP contribution is 2.39. The summed E-state index contributed by atoms with van der Waals surface area (Å²) < 4.78 is 0. The molecule has 1 unspecified atom stereocenters. The quantitative estimate of drug-likeness (QED) is 0.850. The number of nitrogens with one attached hydrogen (secondary N) is 2. The number of carbonyl (C=O) groups excluding carboxylic acids is 1. The molecule has 2 aliphatic rings. The van der Waals surface area contributed by atoms with Gasteiger partial charge in [0, 0.05) is 17.8 Å². The van der Waals surface area contributed by atoms with Crippen LogP contribution in [0.15, 0.2) is 12.3 Å². The maximum Gasteiger partial charge on any atom is 0.270 e. The van der Waals surface area contributed by atoms with E-state index in [-0.39, 0.29) is 17.5 Å². The summed E-state index contributed by atoms with van der Waals surface area (Å²) in [6, 6.07) is 2.14. The van der Waals surface area contributed by atoms with Crippen molar-refractivity contribution in [3.8, 4) is 0 Å². The second-order valence-electron chi connectivity index (χ2n) is 5.90. The zero-order valence-electron chi connectivity index (χ0n) is 11.6. The fourth-order valence-electron chi connectivity index (χ4n) is 3.14. The van der Waals surface area contributed by atoms with Gasteiger partial charge in [0.25, 0.3) is 5.91 Å². The van der Waals surface area contributed by atoms with Gasteiger partial charge in [0.2, 0.25) is 0 Å². The predicted molar refractivity (Wildman–Crippen MR) is 74.2 cm³/mol. The minimum Gasteiger partial charge on any atom is -0.346 e. The number of pyridine rings is 1. The Balaban J connectivity index is 1.72. The highest BCUT2D eigenvalue weighted by atomic mass is 16.2. The zero-order chi connectivity index (χ0) is 13.5. The normalized spacial score (nSPS) is 24.2. The first-order chi connectivity index (χ1) is 9.11. The number of amides is 1. The van der Waals surface area contributed by atoms with E-state index >= 15 is 0 Å². The maximum absolute atomic E-state index is 12.3. The van der Waals surface area contributed by atoms with Crippen molar-refractivity contribution in [3.05, 3.63) is 29.1 Å². The molecule has 0 aromatic carbocycles.